The molecule has 1 aromatic heterocycles. The third kappa shape index (κ3) is 3.00. The summed E-state index contributed by atoms with van der Waals surface area (Å²) in [7, 11) is 1.60. The molecule has 0 spiro atoms. The topological polar surface area (TPSA) is 63.5 Å². The molecule has 2 N–H and O–H groups in total. The fourth-order valence-electron chi connectivity index (χ4n) is 1.70. The molecule has 0 radical (unpaired) electrons. The lowest BCUT2D eigenvalue weighted by Gasteiger charge is -2.11. The summed E-state index contributed by atoms with van der Waals surface area (Å²) in [6.07, 6.45) is 1.47. The van der Waals surface area contributed by atoms with E-state index in [1.54, 1.807) is 20.1 Å². The normalized spacial score (nSPS) is 9.90. The smallest absolute Gasteiger partial charge is 0.273 e. The van der Waals surface area contributed by atoms with Crippen LogP contribution in [0.2, 0.25) is 0 Å². The van der Waals surface area contributed by atoms with Crippen molar-refractivity contribution in [3.63, 3.8) is 0 Å². The Morgan fingerprint density at radius 2 is 2.10 bits per heavy atom. The average molecular weight is 272 g/mol. The van der Waals surface area contributed by atoms with Gasteiger partial charge in [0, 0.05) is 5.56 Å². The van der Waals surface area contributed by atoms with Crippen LogP contribution in [-0.4, -0.2) is 13.0 Å². The maximum atomic E-state index is 11.9. The van der Waals surface area contributed by atoms with Gasteiger partial charge in [0.15, 0.2) is 0 Å². The second-order valence-corrected chi connectivity index (χ2v) is 4.18. The van der Waals surface area contributed by atoms with E-state index in [0.717, 1.165) is 11.3 Å². The van der Waals surface area contributed by atoms with Crippen LogP contribution in [0.25, 0.3) is 5.70 Å². The Morgan fingerprint density at radius 1 is 1.30 bits per heavy atom. The number of hydrogen-bond donors (Lipinski definition) is 2. The van der Waals surface area contributed by atoms with E-state index in [-0.39, 0.29) is 5.91 Å². The summed E-state index contributed by atoms with van der Waals surface area (Å²) >= 11 is 0. The summed E-state index contributed by atoms with van der Waals surface area (Å²) in [5, 5.41) is 0. The molecule has 104 valence electrons. The molecule has 2 rings (SSSR count). The minimum atomic E-state index is -0.278. The second kappa shape index (κ2) is 5.97. The highest BCUT2D eigenvalue weighted by Gasteiger charge is 2.11. The highest BCUT2D eigenvalue weighted by molar-refractivity contribution is 5.95. The van der Waals surface area contributed by atoms with Crippen LogP contribution in [0.5, 0.6) is 5.75 Å². The monoisotopic (exact) mass is 272 g/mol. The fraction of sp³-hybridized carbons (Fsp3) is 0.133. The van der Waals surface area contributed by atoms with Crippen LogP contribution in [0.4, 0.5) is 0 Å². The van der Waals surface area contributed by atoms with Crippen molar-refractivity contribution in [2.75, 3.05) is 7.11 Å². The Kier molecular flexibility index (Phi) is 4.10. The molecule has 2 aromatic rings. The highest BCUT2D eigenvalue weighted by atomic mass is 16.5. The standard InChI is InChI=1S/C15H16N2O3/c1-10(12-5-4-6-13(9-12)19-3)16-17-15(18)14-7-8-20-11(14)2/h4-9,16H,1H2,2-3H3,(H,17,18). The van der Waals surface area contributed by atoms with Gasteiger partial charge < -0.3 is 9.15 Å². The molecule has 0 aliphatic rings. The predicted octanol–water partition coefficient (Wildman–Crippen LogP) is 2.50. The van der Waals surface area contributed by atoms with Gasteiger partial charge in [-0.2, -0.15) is 0 Å². The van der Waals surface area contributed by atoms with Crippen molar-refractivity contribution in [3.8, 4) is 5.75 Å². The summed E-state index contributed by atoms with van der Waals surface area (Å²) in [4.78, 5) is 11.9. The first-order valence-electron chi connectivity index (χ1n) is 6.05. The number of benzene rings is 1. The number of rotatable bonds is 5. The Hall–Kier alpha value is -2.69. The van der Waals surface area contributed by atoms with Gasteiger partial charge in [-0.1, -0.05) is 18.7 Å². The zero-order valence-corrected chi connectivity index (χ0v) is 11.4. The number of aryl methyl sites for hydroxylation is 1. The number of hydrazine groups is 1. The second-order valence-electron chi connectivity index (χ2n) is 4.18. The molecular weight excluding hydrogens is 256 g/mol. The van der Waals surface area contributed by atoms with Gasteiger partial charge in [0.2, 0.25) is 0 Å². The molecule has 1 heterocycles. The lowest BCUT2D eigenvalue weighted by molar-refractivity contribution is 0.0941. The first kappa shape index (κ1) is 13.7. The van der Waals surface area contributed by atoms with E-state index in [1.807, 2.05) is 24.3 Å². The molecule has 0 unspecified atom stereocenters. The number of ether oxygens (including phenoxy) is 1. The van der Waals surface area contributed by atoms with Gasteiger partial charge >= 0.3 is 0 Å². The lowest BCUT2D eigenvalue weighted by Crippen LogP contribution is -2.35. The predicted molar refractivity (Wildman–Crippen MR) is 76.1 cm³/mol. The summed E-state index contributed by atoms with van der Waals surface area (Å²) in [5.74, 6) is 1.01. The van der Waals surface area contributed by atoms with Gasteiger partial charge in [-0.05, 0) is 25.1 Å². The molecule has 1 amide bonds. The van der Waals surface area contributed by atoms with Crippen molar-refractivity contribution in [3.05, 3.63) is 60.1 Å². The molecule has 0 aliphatic heterocycles. The zero-order chi connectivity index (χ0) is 14.5. The van der Waals surface area contributed by atoms with Crippen molar-refractivity contribution in [2.24, 2.45) is 0 Å². The van der Waals surface area contributed by atoms with Crippen LogP contribution in [0.15, 0.2) is 47.6 Å². The fourth-order valence-corrected chi connectivity index (χ4v) is 1.70. The number of methoxy groups -OCH3 is 1. The van der Waals surface area contributed by atoms with E-state index in [1.165, 1.54) is 6.26 Å². The molecule has 5 heteroatoms. The first-order valence-corrected chi connectivity index (χ1v) is 6.05. The Bertz CT molecular complexity index is 632. The van der Waals surface area contributed by atoms with Crippen LogP contribution >= 0.6 is 0 Å². The number of carbonyl (C=O) groups is 1. The molecule has 0 saturated carbocycles. The molecule has 0 saturated heterocycles. The Morgan fingerprint density at radius 3 is 2.75 bits per heavy atom. The van der Waals surface area contributed by atoms with Gasteiger partial charge in [-0.15, -0.1) is 0 Å². The summed E-state index contributed by atoms with van der Waals surface area (Å²) in [6.45, 7) is 5.60. The van der Waals surface area contributed by atoms with Gasteiger partial charge in [-0.25, -0.2) is 0 Å². The van der Waals surface area contributed by atoms with E-state index in [2.05, 4.69) is 17.4 Å². The maximum Gasteiger partial charge on any atom is 0.273 e. The van der Waals surface area contributed by atoms with Crippen molar-refractivity contribution < 1.29 is 13.9 Å². The molecule has 0 aliphatic carbocycles. The largest absolute Gasteiger partial charge is 0.497 e. The van der Waals surface area contributed by atoms with E-state index in [9.17, 15) is 4.79 Å². The highest BCUT2D eigenvalue weighted by Crippen LogP contribution is 2.16. The van der Waals surface area contributed by atoms with Gasteiger partial charge in [-0.3, -0.25) is 15.6 Å². The van der Waals surface area contributed by atoms with Crippen LogP contribution in [-0.2, 0) is 0 Å². The van der Waals surface area contributed by atoms with Gasteiger partial charge in [0.1, 0.15) is 11.5 Å². The maximum absolute atomic E-state index is 11.9. The number of carbonyl (C=O) groups excluding carboxylic acids is 1. The SMILES string of the molecule is C=C(NNC(=O)c1ccoc1C)c1cccc(OC)c1. The third-order valence-corrected chi connectivity index (χ3v) is 2.85. The Labute approximate surface area is 117 Å². The molecule has 0 fully saturated rings. The van der Waals surface area contributed by atoms with E-state index < -0.39 is 0 Å². The van der Waals surface area contributed by atoms with Crippen molar-refractivity contribution in [1.82, 2.24) is 10.9 Å². The minimum Gasteiger partial charge on any atom is -0.497 e. The van der Waals surface area contributed by atoms with Crippen molar-refractivity contribution >= 4 is 11.6 Å². The molecule has 20 heavy (non-hydrogen) atoms. The molecule has 0 atom stereocenters. The van der Waals surface area contributed by atoms with Crippen LogP contribution < -0.4 is 15.6 Å². The zero-order valence-electron chi connectivity index (χ0n) is 11.4. The molecular formula is C15H16N2O3. The van der Waals surface area contributed by atoms with Crippen molar-refractivity contribution in [2.45, 2.75) is 6.92 Å². The van der Waals surface area contributed by atoms with E-state index in [4.69, 9.17) is 9.15 Å². The van der Waals surface area contributed by atoms with Gasteiger partial charge in [0.25, 0.3) is 5.91 Å². The summed E-state index contributed by atoms with van der Waals surface area (Å²) < 4.78 is 10.2. The van der Waals surface area contributed by atoms with Crippen LogP contribution in [0, 0.1) is 6.92 Å². The van der Waals surface area contributed by atoms with Crippen LogP contribution in [0.3, 0.4) is 0 Å². The summed E-state index contributed by atoms with van der Waals surface area (Å²) in [5.41, 5.74) is 7.22. The Balaban J connectivity index is 1.98. The number of amides is 1. The number of nitrogens with one attached hydrogen (secondary N) is 2. The lowest BCUT2D eigenvalue weighted by atomic mass is 10.2. The van der Waals surface area contributed by atoms with E-state index >= 15 is 0 Å². The van der Waals surface area contributed by atoms with Gasteiger partial charge in [0.05, 0.1) is 24.6 Å². The molecule has 5 nitrogen and oxygen atoms in total. The quantitative estimate of drug-likeness (QED) is 0.821. The number of hydrogen-bond acceptors (Lipinski definition) is 4. The minimum absolute atomic E-state index is 0.278. The first-order chi connectivity index (χ1) is 9.61. The molecule has 0 bridgehead atoms. The van der Waals surface area contributed by atoms with E-state index in [0.29, 0.717) is 17.0 Å². The third-order valence-electron chi connectivity index (χ3n) is 2.85. The summed E-state index contributed by atoms with van der Waals surface area (Å²) in [6, 6.07) is 8.99. The van der Waals surface area contributed by atoms with Crippen LogP contribution in [0.1, 0.15) is 21.7 Å². The molecule has 1 aromatic carbocycles. The van der Waals surface area contributed by atoms with Crippen molar-refractivity contribution in [1.29, 1.82) is 0 Å². The average Bonchev–Trinajstić information content (AvgIpc) is 2.90. The number of furan rings is 1.